The fourth-order valence-corrected chi connectivity index (χ4v) is 3.83. The molecule has 0 radical (unpaired) electrons. The molecule has 1 unspecified atom stereocenters. The first kappa shape index (κ1) is 23.7. The summed E-state index contributed by atoms with van der Waals surface area (Å²) in [6, 6.07) is 18.0. The van der Waals surface area contributed by atoms with Gasteiger partial charge in [0, 0.05) is 6.54 Å². The monoisotopic (exact) mass is 453 g/mol. The Balaban J connectivity index is 1.48. The highest BCUT2D eigenvalue weighted by molar-refractivity contribution is 8.00. The largest absolute Gasteiger partial charge is 0.486 e. The Kier molecular flexibility index (Phi) is 7.80. The van der Waals surface area contributed by atoms with Crippen LogP contribution in [0.4, 0.5) is 0 Å². The standard InChI is InChI=1S/C24H31N5O2S/c1-17(22(30)26-15-14-18-8-6-5-7-9-18)32-23-28-27-21(29(23)25)16-31-20-12-10-19(11-13-20)24(2,3)4/h5-13,17H,14-16,25H2,1-4H3,(H,26,30). The summed E-state index contributed by atoms with van der Waals surface area (Å²) in [6.07, 6.45) is 0.787. The number of carbonyl (C=O) groups is 1. The average molecular weight is 454 g/mol. The Hall–Kier alpha value is -3.00. The molecule has 0 aliphatic carbocycles. The van der Waals surface area contributed by atoms with Crippen LogP contribution in [-0.4, -0.2) is 32.6 Å². The highest BCUT2D eigenvalue weighted by Crippen LogP contribution is 2.25. The predicted molar refractivity (Wildman–Crippen MR) is 128 cm³/mol. The van der Waals surface area contributed by atoms with E-state index in [9.17, 15) is 4.79 Å². The van der Waals surface area contributed by atoms with Gasteiger partial charge >= 0.3 is 0 Å². The molecule has 0 bridgehead atoms. The van der Waals surface area contributed by atoms with E-state index in [2.05, 4.69) is 48.4 Å². The lowest BCUT2D eigenvalue weighted by molar-refractivity contribution is -0.120. The molecule has 8 heteroatoms. The number of nitrogens with one attached hydrogen (secondary N) is 1. The zero-order valence-electron chi connectivity index (χ0n) is 19.0. The summed E-state index contributed by atoms with van der Waals surface area (Å²) in [5, 5.41) is 11.3. The Bertz CT molecular complexity index is 1010. The predicted octanol–water partition coefficient (Wildman–Crippen LogP) is 3.71. The molecule has 3 N–H and O–H groups in total. The molecule has 1 amide bonds. The van der Waals surface area contributed by atoms with Gasteiger partial charge in [0.05, 0.1) is 5.25 Å². The van der Waals surface area contributed by atoms with Crippen molar-refractivity contribution in [1.82, 2.24) is 20.2 Å². The fraction of sp³-hybridized carbons (Fsp3) is 0.375. The number of rotatable bonds is 9. The number of amides is 1. The Morgan fingerprint density at radius 2 is 1.81 bits per heavy atom. The minimum Gasteiger partial charge on any atom is -0.486 e. The van der Waals surface area contributed by atoms with Crippen molar-refractivity contribution < 1.29 is 9.53 Å². The second kappa shape index (κ2) is 10.5. The van der Waals surface area contributed by atoms with E-state index in [-0.39, 0.29) is 23.2 Å². The molecule has 2 aromatic carbocycles. The lowest BCUT2D eigenvalue weighted by Crippen LogP contribution is -2.32. The van der Waals surface area contributed by atoms with Crippen molar-refractivity contribution >= 4 is 17.7 Å². The van der Waals surface area contributed by atoms with Gasteiger partial charge in [-0.3, -0.25) is 4.79 Å². The molecule has 170 valence electrons. The van der Waals surface area contributed by atoms with Crippen LogP contribution >= 0.6 is 11.8 Å². The molecule has 32 heavy (non-hydrogen) atoms. The van der Waals surface area contributed by atoms with Crippen LogP contribution in [0, 0.1) is 0 Å². The summed E-state index contributed by atoms with van der Waals surface area (Å²) < 4.78 is 7.19. The summed E-state index contributed by atoms with van der Waals surface area (Å²) in [5.74, 6) is 7.30. The van der Waals surface area contributed by atoms with E-state index in [1.807, 2.05) is 49.4 Å². The van der Waals surface area contributed by atoms with Crippen molar-refractivity contribution in [3.8, 4) is 5.75 Å². The van der Waals surface area contributed by atoms with Gasteiger partial charge in [-0.15, -0.1) is 10.2 Å². The zero-order chi connectivity index (χ0) is 23.1. The fourth-order valence-electron chi connectivity index (χ4n) is 3.02. The molecule has 3 rings (SSSR count). The molecule has 0 aliphatic rings. The molecule has 0 spiro atoms. The maximum absolute atomic E-state index is 12.4. The third-order valence-electron chi connectivity index (χ3n) is 5.03. The highest BCUT2D eigenvalue weighted by Gasteiger charge is 2.19. The van der Waals surface area contributed by atoms with Crippen LogP contribution in [0.15, 0.2) is 59.8 Å². The number of ether oxygens (including phenoxy) is 1. The highest BCUT2D eigenvalue weighted by atomic mass is 32.2. The van der Waals surface area contributed by atoms with Crippen molar-refractivity contribution in [3.05, 3.63) is 71.5 Å². The first-order chi connectivity index (χ1) is 15.2. The minimum absolute atomic E-state index is 0.0642. The van der Waals surface area contributed by atoms with E-state index in [4.69, 9.17) is 10.6 Å². The second-order valence-corrected chi connectivity index (χ2v) is 9.93. The molecule has 0 saturated heterocycles. The molecule has 1 aromatic heterocycles. The number of hydrogen-bond donors (Lipinski definition) is 2. The molecular formula is C24H31N5O2S. The number of thioether (sulfide) groups is 1. The molecule has 1 atom stereocenters. The summed E-state index contributed by atoms with van der Waals surface area (Å²) >= 11 is 1.27. The normalized spacial score (nSPS) is 12.4. The van der Waals surface area contributed by atoms with Gasteiger partial charge in [0.1, 0.15) is 12.4 Å². The Labute approximate surface area is 193 Å². The third kappa shape index (κ3) is 6.50. The SMILES string of the molecule is CC(Sc1nnc(COc2ccc(C(C)(C)C)cc2)n1N)C(=O)NCCc1ccccc1. The van der Waals surface area contributed by atoms with Crippen LogP contribution in [0.1, 0.15) is 44.6 Å². The van der Waals surface area contributed by atoms with Crippen LogP contribution in [0.5, 0.6) is 5.75 Å². The summed E-state index contributed by atoms with van der Waals surface area (Å²) in [5.41, 5.74) is 2.51. The number of hydrogen-bond acceptors (Lipinski definition) is 6. The molecule has 0 aliphatic heterocycles. The number of benzene rings is 2. The van der Waals surface area contributed by atoms with Gasteiger partial charge < -0.3 is 15.9 Å². The van der Waals surface area contributed by atoms with Crippen LogP contribution in [-0.2, 0) is 23.2 Å². The van der Waals surface area contributed by atoms with E-state index >= 15 is 0 Å². The van der Waals surface area contributed by atoms with Crippen LogP contribution in [0.25, 0.3) is 0 Å². The van der Waals surface area contributed by atoms with Crippen molar-refractivity contribution in [2.24, 2.45) is 0 Å². The van der Waals surface area contributed by atoms with E-state index in [1.165, 1.54) is 27.6 Å². The summed E-state index contributed by atoms with van der Waals surface area (Å²) in [7, 11) is 0. The third-order valence-corrected chi connectivity index (χ3v) is 6.09. The van der Waals surface area contributed by atoms with E-state index in [0.29, 0.717) is 17.5 Å². The van der Waals surface area contributed by atoms with Gasteiger partial charge in [0.2, 0.25) is 11.1 Å². The number of nitrogen functional groups attached to an aromatic ring is 1. The van der Waals surface area contributed by atoms with Gasteiger partial charge in [-0.25, -0.2) is 4.68 Å². The minimum atomic E-state index is -0.351. The molecule has 0 fully saturated rings. The lowest BCUT2D eigenvalue weighted by Gasteiger charge is -2.19. The zero-order valence-corrected chi connectivity index (χ0v) is 19.9. The number of carbonyl (C=O) groups excluding carboxylic acids is 1. The quantitative estimate of drug-likeness (QED) is 0.379. The molecule has 7 nitrogen and oxygen atoms in total. The molecule has 0 saturated carbocycles. The maximum atomic E-state index is 12.4. The van der Waals surface area contributed by atoms with Gasteiger partial charge in [0.15, 0.2) is 5.82 Å². The Morgan fingerprint density at radius 1 is 1.12 bits per heavy atom. The van der Waals surface area contributed by atoms with Crippen LogP contribution < -0.4 is 15.9 Å². The van der Waals surface area contributed by atoms with Crippen LogP contribution in [0.2, 0.25) is 0 Å². The second-order valence-electron chi connectivity index (χ2n) is 8.62. The van der Waals surface area contributed by atoms with E-state index in [1.54, 1.807) is 0 Å². The maximum Gasteiger partial charge on any atom is 0.233 e. The van der Waals surface area contributed by atoms with E-state index in [0.717, 1.165) is 12.2 Å². The molecule has 3 aromatic rings. The van der Waals surface area contributed by atoms with Crippen molar-refractivity contribution in [2.75, 3.05) is 12.4 Å². The number of nitrogens with zero attached hydrogens (tertiary/aromatic N) is 3. The summed E-state index contributed by atoms with van der Waals surface area (Å²) in [6.45, 7) is 9.10. The number of aromatic nitrogens is 3. The smallest absolute Gasteiger partial charge is 0.233 e. The summed E-state index contributed by atoms with van der Waals surface area (Å²) in [4.78, 5) is 12.4. The van der Waals surface area contributed by atoms with Gasteiger partial charge in [-0.1, -0.05) is 75.0 Å². The first-order valence-electron chi connectivity index (χ1n) is 10.6. The lowest BCUT2D eigenvalue weighted by atomic mass is 9.87. The first-order valence-corrected chi connectivity index (χ1v) is 11.5. The van der Waals surface area contributed by atoms with Crippen molar-refractivity contribution in [3.63, 3.8) is 0 Å². The topological polar surface area (TPSA) is 95.1 Å². The van der Waals surface area contributed by atoms with Gasteiger partial charge in [0.25, 0.3) is 0 Å². The van der Waals surface area contributed by atoms with Crippen molar-refractivity contribution in [2.45, 2.75) is 56.5 Å². The number of nitrogens with two attached hydrogens (primary N) is 1. The molecule has 1 heterocycles. The van der Waals surface area contributed by atoms with Gasteiger partial charge in [-0.05, 0) is 42.0 Å². The Morgan fingerprint density at radius 3 is 2.47 bits per heavy atom. The van der Waals surface area contributed by atoms with Crippen LogP contribution in [0.3, 0.4) is 0 Å². The molecular weight excluding hydrogens is 422 g/mol. The van der Waals surface area contributed by atoms with Gasteiger partial charge in [-0.2, -0.15) is 0 Å². The van der Waals surface area contributed by atoms with E-state index < -0.39 is 0 Å². The average Bonchev–Trinajstić information content (AvgIpc) is 3.11. The van der Waals surface area contributed by atoms with Crippen molar-refractivity contribution in [1.29, 1.82) is 0 Å².